The average molecular weight is 673 g/mol. The third-order valence-electron chi connectivity index (χ3n) is 9.87. The molecule has 11 heteroatoms. The van der Waals surface area contributed by atoms with Crippen LogP contribution in [0.15, 0.2) is 97.3 Å². The van der Waals surface area contributed by atoms with Crippen molar-refractivity contribution in [1.82, 2.24) is 15.0 Å². The smallest absolute Gasteiger partial charge is 0.327 e. The van der Waals surface area contributed by atoms with E-state index in [2.05, 4.69) is 43.6 Å². The molecule has 9 rings (SSSR count). The number of nitriles is 2. The van der Waals surface area contributed by atoms with Crippen molar-refractivity contribution in [2.24, 2.45) is 0 Å². The molecule has 51 heavy (non-hydrogen) atoms. The van der Waals surface area contributed by atoms with Gasteiger partial charge in [0.05, 0.1) is 64.0 Å². The number of piperidine rings is 2. The lowest BCUT2D eigenvalue weighted by Gasteiger charge is -2.45. The molecule has 0 spiro atoms. The van der Waals surface area contributed by atoms with Crippen molar-refractivity contribution in [3.63, 3.8) is 0 Å². The van der Waals surface area contributed by atoms with Crippen molar-refractivity contribution in [3.8, 4) is 34.7 Å². The number of carbonyl (C=O) groups excluding carboxylic acids is 1. The van der Waals surface area contributed by atoms with Gasteiger partial charge in [0.25, 0.3) is 0 Å². The summed E-state index contributed by atoms with van der Waals surface area (Å²) < 4.78 is 0. The van der Waals surface area contributed by atoms with E-state index in [1.54, 1.807) is 29.4 Å². The molecule has 11 nitrogen and oxygen atoms in total. The van der Waals surface area contributed by atoms with Gasteiger partial charge in [0.2, 0.25) is 0 Å². The van der Waals surface area contributed by atoms with E-state index in [4.69, 9.17) is 15.2 Å². The van der Waals surface area contributed by atoms with Gasteiger partial charge in [-0.15, -0.1) is 0 Å². The Balaban J connectivity index is 0.000000156. The normalized spacial score (nSPS) is 18.0. The molecule has 5 aromatic rings. The Labute approximate surface area is 296 Å². The molecule has 0 radical (unpaired) electrons. The number of nitrogens with one attached hydrogen (secondary N) is 2. The summed E-state index contributed by atoms with van der Waals surface area (Å²) in [6, 6.07) is 31.5. The molecule has 0 saturated carbocycles. The fraction of sp³-hybridized carbons (Fsp3) is 0.250. The number of carbonyl (C=O) groups is 1. The van der Waals surface area contributed by atoms with Gasteiger partial charge in [-0.05, 0) is 86.3 Å². The number of benzene rings is 2. The predicted molar refractivity (Wildman–Crippen MR) is 199 cm³/mol. The number of aromatic nitrogens is 3. The van der Waals surface area contributed by atoms with Gasteiger partial charge in [0.15, 0.2) is 11.6 Å². The molecule has 0 aliphatic carbocycles. The molecule has 3 aromatic heterocycles. The molecule has 2 fully saturated rings. The number of rotatable bonds is 3. The van der Waals surface area contributed by atoms with E-state index in [0.717, 1.165) is 73.0 Å². The monoisotopic (exact) mass is 672 g/mol. The first-order chi connectivity index (χ1) is 25.1. The SMILES string of the molecule is N#Cc1cccc(-c2ccc3c(n2)N(C(=O)Nc2cccnc2)[C@H]2CCCN3C2)c1.N#Cc1cccc(-c2ccc3c(n2)N[C@H]2CCCN3C2)c1. The summed E-state index contributed by atoms with van der Waals surface area (Å²) in [6.45, 7) is 3.97. The molecule has 0 unspecified atom stereocenters. The summed E-state index contributed by atoms with van der Waals surface area (Å²) in [5.41, 5.74) is 7.57. The molecule has 2 amide bonds. The van der Waals surface area contributed by atoms with Crippen LogP contribution in [-0.4, -0.2) is 59.2 Å². The number of anilines is 5. The fourth-order valence-corrected chi connectivity index (χ4v) is 7.44. The predicted octanol–water partition coefficient (Wildman–Crippen LogP) is 7.05. The number of pyridine rings is 3. The quantitative estimate of drug-likeness (QED) is 0.207. The van der Waals surface area contributed by atoms with E-state index in [0.29, 0.717) is 28.7 Å². The van der Waals surface area contributed by atoms with Gasteiger partial charge < -0.3 is 20.4 Å². The minimum absolute atomic E-state index is 0.0658. The van der Waals surface area contributed by atoms with Crippen molar-refractivity contribution < 1.29 is 4.79 Å². The van der Waals surface area contributed by atoms with Gasteiger partial charge in [0, 0.05) is 49.5 Å². The Bertz CT molecular complexity index is 2170. The standard InChI is InChI=1S/C23H20N6O.C17H16N4/c24-13-16-4-1-5-17(12-16)20-8-9-21-22(27-20)29(19-7-3-11-28(21)15-19)23(30)26-18-6-2-10-25-14-18;18-10-12-3-1-4-13(9-12)15-6-7-16-17(20-15)19-14-5-2-8-21(16)11-14/h1-2,4-6,8-10,12,14,19H,3,7,11,15H2,(H,26,30);1,3-4,6-7,9,14H,2,5,8,11H2,(H,19,20)/t19-;14-/m00/s1. The van der Waals surface area contributed by atoms with Crippen LogP contribution in [0.3, 0.4) is 0 Å². The van der Waals surface area contributed by atoms with Crippen LogP contribution < -0.4 is 25.3 Å². The Morgan fingerprint density at radius 2 is 1.47 bits per heavy atom. The third kappa shape index (κ3) is 6.50. The second-order valence-corrected chi connectivity index (χ2v) is 13.2. The van der Waals surface area contributed by atoms with Crippen molar-refractivity contribution in [3.05, 3.63) is 108 Å². The minimum Gasteiger partial charge on any atom is -0.366 e. The molecular formula is C40H36N10O. The second-order valence-electron chi connectivity index (χ2n) is 13.2. The molecule has 7 heterocycles. The molecule has 2 N–H and O–H groups in total. The Kier molecular flexibility index (Phi) is 8.61. The highest BCUT2D eigenvalue weighted by Crippen LogP contribution is 2.40. The topological polar surface area (TPSA) is 137 Å². The van der Waals surface area contributed by atoms with Gasteiger partial charge in [0.1, 0.15) is 0 Å². The van der Waals surface area contributed by atoms with Gasteiger partial charge >= 0.3 is 6.03 Å². The summed E-state index contributed by atoms with van der Waals surface area (Å²) in [7, 11) is 0. The highest BCUT2D eigenvalue weighted by atomic mass is 16.2. The van der Waals surface area contributed by atoms with Gasteiger partial charge in [-0.2, -0.15) is 10.5 Å². The van der Waals surface area contributed by atoms with Crippen LogP contribution in [0.5, 0.6) is 0 Å². The lowest BCUT2D eigenvalue weighted by Crippen LogP contribution is -2.56. The van der Waals surface area contributed by atoms with E-state index >= 15 is 0 Å². The molecule has 2 saturated heterocycles. The molecule has 4 aliphatic heterocycles. The van der Waals surface area contributed by atoms with Gasteiger partial charge in [-0.1, -0.05) is 24.3 Å². The second kappa shape index (κ2) is 13.8. The summed E-state index contributed by atoms with van der Waals surface area (Å²) in [5.74, 6) is 1.64. The molecule has 2 aromatic carbocycles. The van der Waals surface area contributed by atoms with Gasteiger partial charge in [-0.3, -0.25) is 9.88 Å². The lowest BCUT2D eigenvalue weighted by atomic mass is 9.99. The first-order valence-electron chi connectivity index (χ1n) is 17.4. The molecular weight excluding hydrogens is 637 g/mol. The van der Waals surface area contributed by atoms with Crippen LogP contribution >= 0.6 is 0 Å². The number of fused-ring (bicyclic) bond motifs is 8. The van der Waals surface area contributed by atoms with E-state index in [-0.39, 0.29) is 12.1 Å². The molecule has 252 valence electrons. The largest absolute Gasteiger partial charge is 0.366 e. The summed E-state index contributed by atoms with van der Waals surface area (Å²) in [6.07, 6.45) is 7.73. The van der Waals surface area contributed by atoms with Crippen LogP contribution in [0, 0.1) is 22.7 Å². The van der Waals surface area contributed by atoms with E-state index < -0.39 is 0 Å². The average Bonchev–Trinajstić information content (AvgIpc) is 3.18. The first kappa shape index (κ1) is 31.8. The summed E-state index contributed by atoms with van der Waals surface area (Å²) in [4.78, 5) is 33.5. The zero-order valence-corrected chi connectivity index (χ0v) is 28.0. The maximum atomic E-state index is 13.3. The van der Waals surface area contributed by atoms with Crippen molar-refractivity contribution in [1.29, 1.82) is 10.5 Å². The molecule has 4 bridgehead atoms. The van der Waals surface area contributed by atoms with Crippen molar-refractivity contribution >= 4 is 34.7 Å². The van der Waals surface area contributed by atoms with Crippen LogP contribution in [-0.2, 0) is 0 Å². The minimum atomic E-state index is -0.203. The maximum absolute atomic E-state index is 13.3. The Morgan fingerprint density at radius 3 is 2.18 bits per heavy atom. The summed E-state index contributed by atoms with van der Waals surface area (Å²) >= 11 is 0. The maximum Gasteiger partial charge on any atom is 0.327 e. The van der Waals surface area contributed by atoms with Gasteiger partial charge in [-0.25, -0.2) is 14.8 Å². The summed E-state index contributed by atoms with van der Waals surface area (Å²) in [5, 5.41) is 24.7. The zero-order valence-electron chi connectivity index (χ0n) is 28.0. The number of amides is 2. The third-order valence-corrected chi connectivity index (χ3v) is 9.87. The van der Waals surface area contributed by atoms with E-state index in [1.165, 1.54) is 18.5 Å². The van der Waals surface area contributed by atoms with E-state index in [1.807, 2.05) is 66.7 Å². The fourth-order valence-electron chi connectivity index (χ4n) is 7.44. The van der Waals surface area contributed by atoms with E-state index in [9.17, 15) is 10.1 Å². The Hall–Kier alpha value is -6.46. The van der Waals surface area contributed by atoms with Crippen LogP contribution in [0.25, 0.3) is 22.5 Å². The molecule has 4 aliphatic rings. The zero-order chi connectivity index (χ0) is 34.7. The number of hydrogen-bond acceptors (Lipinski definition) is 9. The van der Waals surface area contributed by atoms with Crippen molar-refractivity contribution in [2.45, 2.75) is 37.8 Å². The highest BCUT2D eigenvalue weighted by molar-refractivity contribution is 6.04. The number of hydrogen-bond donors (Lipinski definition) is 2. The first-order valence-corrected chi connectivity index (χ1v) is 17.4. The van der Waals surface area contributed by atoms with Crippen LogP contribution in [0.2, 0.25) is 0 Å². The van der Waals surface area contributed by atoms with Crippen LogP contribution in [0.4, 0.5) is 33.5 Å². The van der Waals surface area contributed by atoms with Crippen molar-refractivity contribution in [2.75, 3.05) is 51.5 Å². The number of nitrogens with zero attached hydrogens (tertiary/aromatic N) is 8. The number of urea groups is 1. The van der Waals surface area contributed by atoms with Crippen LogP contribution in [0.1, 0.15) is 36.8 Å². The Morgan fingerprint density at radius 1 is 0.784 bits per heavy atom. The highest BCUT2D eigenvalue weighted by Gasteiger charge is 2.38. The molecule has 2 atom stereocenters. The lowest BCUT2D eigenvalue weighted by molar-refractivity contribution is 0.252.